The van der Waals surface area contributed by atoms with Gasteiger partial charge in [0, 0.05) is 24.3 Å². The third-order valence-electron chi connectivity index (χ3n) is 6.35. The molecule has 200 valence electrons. The van der Waals surface area contributed by atoms with Gasteiger partial charge in [0.1, 0.15) is 0 Å². The quantitative estimate of drug-likeness (QED) is 0.341. The van der Waals surface area contributed by atoms with Crippen LogP contribution in [0.2, 0.25) is 0 Å². The van der Waals surface area contributed by atoms with E-state index in [2.05, 4.69) is 0 Å². The van der Waals surface area contributed by atoms with Gasteiger partial charge in [-0.2, -0.15) is 0 Å². The molecule has 1 aliphatic heterocycles. The molecule has 10 nitrogen and oxygen atoms in total. The highest BCUT2D eigenvalue weighted by Gasteiger charge is 2.25. The molecule has 38 heavy (non-hydrogen) atoms. The summed E-state index contributed by atoms with van der Waals surface area (Å²) in [5, 5.41) is 8.87. The van der Waals surface area contributed by atoms with Gasteiger partial charge in [-0.15, -0.1) is 0 Å². The molecule has 0 unspecified atom stereocenters. The van der Waals surface area contributed by atoms with Crippen LogP contribution in [0.1, 0.15) is 15.9 Å². The average Bonchev–Trinajstić information content (AvgIpc) is 2.99. The molecule has 3 aromatic rings. The smallest absolute Gasteiger partial charge is 0.324 e. The van der Waals surface area contributed by atoms with Gasteiger partial charge in [-0.25, -0.2) is 10.3 Å². The van der Waals surface area contributed by atoms with Crippen molar-refractivity contribution in [3.63, 3.8) is 0 Å². The van der Waals surface area contributed by atoms with Crippen molar-refractivity contribution in [3.8, 4) is 28.4 Å². The van der Waals surface area contributed by atoms with Crippen LogP contribution in [0, 0.1) is 0 Å². The molecule has 3 aromatic carbocycles. The van der Waals surface area contributed by atoms with Crippen LogP contribution in [0.25, 0.3) is 11.1 Å². The Morgan fingerprint density at radius 3 is 2.03 bits per heavy atom. The van der Waals surface area contributed by atoms with Crippen molar-refractivity contribution in [2.45, 2.75) is 6.54 Å². The van der Waals surface area contributed by atoms with E-state index in [0.29, 0.717) is 55.7 Å². The first-order chi connectivity index (χ1) is 18.5. The Bertz CT molecular complexity index is 1230. The second-order valence-electron chi connectivity index (χ2n) is 8.57. The lowest BCUT2D eigenvalue weighted by Gasteiger charge is -2.33. The van der Waals surface area contributed by atoms with Gasteiger partial charge in [0.15, 0.2) is 11.5 Å². The van der Waals surface area contributed by atoms with Crippen LogP contribution in [0.4, 0.5) is 10.5 Å². The Morgan fingerprint density at radius 2 is 1.50 bits per heavy atom. The zero-order valence-electron chi connectivity index (χ0n) is 21.6. The second kappa shape index (κ2) is 12.3. The number of nitrogens with zero attached hydrogens (tertiary/aromatic N) is 2. The molecule has 0 atom stereocenters. The Morgan fingerprint density at radius 1 is 0.895 bits per heavy atom. The molecule has 1 fully saturated rings. The van der Waals surface area contributed by atoms with Crippen LogP contribution in [0.5, 0.6) is 17.2 Å². The van der Waals surface area contributed by atoms with Crippen LogP contribution in [0.3, 0.4) is 0 Å². The maximum Gasteiger partial charge on any atom is 0.324 e. The normalized spacial score (nSPS) is 13.0. The van der Waals surface area contributed by atoms with Gasteiger partial charge in [0.25, 0.3) is 5.91 Å². The fourth-order valence-electron chi connectivity index (χ4n) is 4.28. The second-order valence-corrected chi connectivity index (χ2v) is 8.57. The number of carbonyl (C=O) groups is 2. The number of benzene rings is 3. The molecule has 0 bridgehead atoms. The predicted molar refractivity (Wildman–Crippen MR) is 141 cm³/mol. The average molecular weight is 522 g/mol. The fraction of sp³-hybridized carbons (Fsp3) is 0.286. The van der Waals surface area contributed by atoms with Crippen LogP contribution in [-0.2, 0) is 11.3 Å². The summed E-state index contributed by atoms with van der Waals surface area (Å²) in [4.78, 5) is 28.7. The third-order valence-corrected chi connectivity index (χ3v) is 6.35. The van der Waals surface area contributed by atoms with Crippen molar-refractivity contribution in [2.24, 2.45) is 0 Å². The van der Waals surface area contributed by atoms with Gasteiger partial charge in [0.2, 0.25) is 5.75 Å². The molecule has 1 saturated heterocycles. The zero-order chi connectivity index (χ0) is 27.1. The molecule has 4 rings (SSSR count). The predicted octanol–water partition coefficient (Wildman–Crippen LogP) is 3.96. The first kappa shape index (κ1) is 26.8. The van der Waals surface area contributed by atoms with Crippen LogP contribution in [-0.4, -0.2) is 69.7 Å². The van der Waals surface area contributed by atoms with Crippen LogP contribution >= 0.6 is 0 Å². The number of hydroxylamine groups is 1. The summed E-state index contributed by atoms with van der Waals surface area (Å²) < 4.78 is 21.8. The number of morpholine rings is 1. The minimum absolute atomic E-state index is 0.133. The number of amides is 3. The molecule has 3 amide bonds. The Balaban J connectivity index is 1.64. The molecule has 0 saturated carbocycles. The summed E-state index contributed by atoms with van der Waals surface area (Å²) in [6.45, 7) is 2.29. The van der Waals surface area contributed by atoms with Crippen molar-refractivity contribution >= 4 is 17.6 Å². The lowest BCUT2D eigenvalue weighted by molar-refractivity contribution is 0.0548. The van der Waals surface area contributed by atoms with Crippen molar-refractivity contribution in [1.82, 2.24) is 10.4 Å². The monoisotopic (exact) mass is 521 g/mol. The Hall–Kier alpha value is -4.28. The minimum atomic E-state index is -0.597. The Kier molecular flexibility index (Phi) is 8.67. The van der Waals surface area contributed by atoms with Gasteiger partial charge in [-0.05, 0) is 53.1 Å². The van der Waals surface area contributed by atoms with Gasteiger partial charge in [0.05, 0.1) is 41.1 Å². The number of hydrogen-bond donors (Lipinski definition) is 2. The van der Waals surface area contributed by atoms with Gasteiger partial charge < -0.3 is 23.8 Å². The van der Waals surface area contributed by atoms with Crippen LogP contribution in [0.15, 0.2) is 60.7 Å². The highest BCUT2D eigenvalue weighted by Crippen LogP contribution is 2.41. The number of anilines is 1. The van der Waals surface area contributed by atoms with E-state index in [0.717, 1.165) is 22.4 Å². The molecule has 1 heterocycles. The third kappa shape index (κ3) is 5.82. The summed E-state index contributed by atoms with van der Waals surface area (Å²) in [6, 6.07) is 18.0. The van der Waals surface area contributed by atoms with Crippen molar-refractivity contribution in [2.75, 3.05) is 52.5 Å². The number of nitrogens with one attached hydrogen (secondary N) is 1. The van der Waals surface area contributed by atoms with E-state index in [1.54, 1.807) is 60.9 Å². The minimum Gasteiger partial charge on any atom is -0.493 e. The SMILES string of the molecule is COc1cc(-c2ccc(N(Cc3ccc(C(=O)NO)cc3)C(=O)N3CCOCC3)cc2)cc(OC)c1OC. The maximum atomic E-state index is 13.6. The molecular formula is C28H31N3O7. The number of ether oxygens (including phenoxy) is 4. The number of methoxy groups -OCH3 is 3. The fourth-order valence-corrected chi connectivity index (χ4v) is 4.28. The topological polar surface area (TPSA) is 110 Å². The van der Waals surface area contributed by atoms with E-state index in [1.165, 1.54) is 0 Å². The summed E-state index contributed by atoms with van der Waals surface area (Å²) in [5.74, 6) is 1.02. The standard InChI is InChI=1S/C28H31N3O7/c1-35-24-16-22(17-25(36-2)26(24)37-3)20-8-10-23(11-9-20)31(28(33)30-12-14-38-15-13-30)18-19-4-6-21(7-5-19)27(32)29-34/h4-11,16-17,34H,12-15,18H2,1-3H3,(H,29,32). The summed E-state index contributed by atoms with van der Waals surface area (Å²) in [6.07, 6.45) is 0. The van der Waals surface area contributed by atoms with Crippen LogP contribution < -0.4 is 24.6 Å². The first-order valence-electron chi connectivity index (χ1n) is 12.1. The molecule has 0 aromatic heterocycles. The van der Waals surface area contributed by atoms with E-state index >= 15 is 0 Å². The van der Waals surface area contributed by atoms with Crippen molar-refractivity contribution < 1.29 is 33.7 Å². The van der Waals surface area contributed by atoms with E-state index in [1.807, 2.05) is 36.4 Å². The molecular weight excluding hydrogens is 490 g/mol. The number of urea groups is 1. The molecule has 2 N–H and O–H groups in total. The number of hydrogen-bond acceptors (Lipinski definition) is 7. The highest BCUT2D eigenvalue weighted by molar-refractivity contribution is 5.94. The number of carbonyl (C=O) groups excluding carboxylic acids is 2. The van der Waals surface area contributed by atoms with Crippen molar-refractivity contribution in [3.05, 3.63) is 71.8 Å². The number of rotatable bonds is 8. The molecule has 10 heteroatoms. The highest BCUT2D eigenvalue weighted by atomic mass is 16.5. The van der Waals surface area contributed by atoms with Gasteiger partial charge in [-0.3, -0.25) is 14.9 Å². The Labute approximate surface area is 221 Å². The van der Waals surface area contributed by atoms with E-state index < -0.39 is 5.91 Å². The summed E-state index contributed by atoms with van der Waals surface area (Å²) in [5.41, 5.74) is 5.26. The summed E-state index contributed by atoms with van der Waals surface area (Å²) >= 11 is 0. The molecule has 0 aliphatic carbocycles. The zero-order valence-corrected chi connectivity index (χ0v) is 21.6. The van der Waals surface area contributed by atoms with E-state index in [9.17, 15) is 9.59 Å². The van der Waals surface area contributed by atoms with Gasteiger partial charge in [-0.1, -0.05) is 24.3 Å². The maximum absolute atomic E-state index is 13.6. The first-order valence-corrected chi connectivity index (χ1v) is 12.1. The van der Waals surface area contributed by atoms with Gasteiger partial charge >= 0.3 is 6.03 Å². The molecule has 1 aliphatic rings. The summed E-state index contributed by atoms with van der Waals surface area (Å²) in [7, 11) is 4.70. The van der Waals surface area contributed by atoms with E-state index in [4.69, 9.17) is 24.2 Å². The lowest BCUT2D eigenvalue weighted by atomic mass is 10.0. The molecule has 0 spiro atoms. The van der Waals surface area contributed by atoms with E-state index in [-0.39, 0.29) is 6.03 Å². The molecule has 0 radical (unpaired) electrons. The lowest BCUT2D eigenvalue weighted by Crippen LogP contribution is -2.48. The largest absolute Gasteiger partial charge is 0.493 e. The van der Waals surface area contributed by atoms with Crippen molar-refractivity contribution in [1.29, 1.82) is 0 Å².